The monoisotopic (exact) mass is 466 g/mol. The summed E-state index contributed by atoms with van der Waals surface area (Å²) in [5, 5.41) is 9.04. The Bertz CT molecular complexity index is 1500. The van der Waals surface area contributed by atoms with Crippen LogP contribution in [0, 0.1) is 0 Å². The number of aromatic nitrogens is 4. The fraction of sp³-hybridized carbons (Fsp3) is 0.179. The number of carbonyl (C=O) groups is 1. The van der Waals surface area contributed by atoms with Gasteiger partial charge in [-0.25, -0.2) is 14.8 Å². The molecule has 35 heavy (non-hydrogen) atoms. The predicted octanol–water partition coefficient (Wildman–Crippen LogP) is 6.16. The zero-order valence-electron chi connectivity index (χ0n) is 19.7. The summed E-state index contributed by atoms with van der Waals surface area (Å²) < 4.78 is 9.25. The average molecular weight is 467 g/mol. The van der Waals surface area contributed by atoms with Gasteiger partial charge in [0.15, 0.2) is 0 Å². The summed E-state index contributed by atoms with van der Waals surface area (Å²) in [5.74, 6) is 2.30. The Morgan fingerprint density at radius 3 is 2.51 bits per heavy atom. The van der Waals surface area contributed by atoms with E-state index in [1.807, 2.05) is 42.1 Å². The maximum atomic E-state index is 11.1. The number of imidazole rings is 2. The summed E-state index contributed by atoms with van der Waals surface area (Å²) in [6.07, 6.45) is 4.33. The van der Waals surface area contributed by atoms with Crippen molar-refractivity contribution in [2.75, 3.05) is 0 Å². The van der Waals surface area contributed by atoms with Crippen molar-refractivity contribution in [2.45, 2.75) is 26.3 Å². The molecule has 0 spiro atoms. The Kier molecular flexibility index (Phi) is 6.06. The molecule has 0 bridgehead atoms. The largest absolute Gasteiger partial charge is 0.511 e. The maximum absolute atomic E-state index is 11.1. The number of carboxylic acid groups (broad SMARTS) is 1. The smallest absolute Gasteiger partial charge is 0.449 e. The molecule has 5 aromatic rings. The Morgan fingerprint density at radius 1 is 1.03 bits per heavy atom. The molecule has 2 aromatic heterocycles. The van der Waals surface area contributed by atoms with E-state index in [-0.39, 0.29) is 0 Å². The van der Waals surface area contributed by atoms with E-state index in [1.54, 1.807) is 18.3 Å². The molecular weight excluding hydrogens is 440 g/mol. The number of para-hydroxylation sites is 1. The summed E-state index contributed by atoms with van der Waals surface area (Å²) in [7, 11) is 1.99. The molecule has 0 aliphatic rings. The number of hydrogen-bond acceptors (Lipinski definition) is 4. The molecular formula is C28H26N4O3. The minimum Gasteiger partial charge on any atom is -0.449 e. The lowest BCUT2D eigenvalue weighted by atomic mass is 10.0. The molecule has 0 saturated heterocycles. The quantitative estimate of drug-likeness (QED) is 0.229. The number of benzene rings is 3. The minimum atomic E-state index is -1.32. The number of aryl methyl sites for hydroxylation is 2. The number of fused-ring (bicyclic) bond motifs is 1. The lowest BCUT2D eigenvalue weighted by Crippen LogP contribution is -2.05. The number of hydrogen-bond donors (Lipinski definition) is 1. The van der Waals surface area contributed by atoms with Crippen LogP contribution in [0.5, 0.6) is 5.75 Å². The van der Waals surface area contributed by atoms with Gasteiger partial charge in [-0.3, -0.25) is 0 Å². The van der Waals surface area contributed by atoms with Crippen molar-refractivity contribution in [1.82, 2.24) is 19.1 Å². The second-order valence-corrected chi connectivity index (χ2v) is 8.49. The molecule has 0 amide bonds. The highest BCUT2D eigenvalue weighted by molar-refractivity contribution is 5.81. The van der Waals surface area contributed by atoms with Gasteiger partial charge in [0.05, 0.1) is 11.0 Å². The first-order valence-electron chi connectivity index (χ1n) is 11.6. The average Bonchev–Trinajstić information content (AvgIpc) is 3.43. The van der Waals surface area contributed by atoms with Crippen LogP contribution in [-0.2, 0) is 20.0 Å². The van der Waals surface area contributed by atoms with Gasteiger partial charge in [-0.05, 0) is 41.8 Å². The van der Waals surface area contributed by atoms with E-state index < -0.39 is 6.16 Å². The van der Waals surface area contributed by atoms with E-state index in [0.717, 1.165) is 57.8 Å². The van der Waals surface area contributed by atoms with Crippen molar-refractivity contribution < 1.29 is 14.6 Å². The molecule has 7 nitrogen and oxygen atoms in total. The molecule has 0 aliphatic heterocycles. The second kappa shape index (κ2) is 9.46. The molecule has 2 heterocycles. The van der Waals surface area contributed by atoms with Crippen molar-refractivity contribution in [3.8, 4) is 28.3 Å². The Labute approximate surface area is 203 Å². The lowest BCUT2D eigenvalue weighted by molar-refractivity contribution is 0.144. The fourth-order valence-corrected chi connectivity index (χ4v) is 4.41. The Hall–Kier alpha value is -4.39. The first kappa shape index (κ1) is 22.4. The third kappa shape index (κ3) is 4.53. The third-order valence-electron chi connectivity index (χ3n) is 6.07. The Balaban J connectivity index is 1.50. The van der Waals surface area contributed by atoms with Crippen LogP contribution in [0.2, 0.25) is 0 Å². The van der Waals surface area contributed by atoms with Crippen LogP contribution in [0.4, 0.5) is 4.79 Å². The van der Waals surface area contributed by atoms with Crippen molar-refractivity contribution in [3.05, 3.63) is 90.5 Å². The zero-order valence-corrected chi connectivity index (χ0v) is 19.7. The highest BCUT2D eigenvalue weighted by Crippen LogP contribution is 2.31. The summed E-state index contributed by atoms with van der Waals surface area (Å²) in [4.78, 5) is 20.5. The summed E-state index contributed by atoms with van der Waals surface area (Å²) in [5.41, 5.74) is 5.87. The van der Waals surface area contributed by atoms with Crippen LogP contribution in [0.25, 0.3) is 33.5 Å². The molecule has 3 aromatic carbocycles. The van der Waals surface area contributed by atoms with Crippen molar-refractivity contribution in [1.29, 1.82) is 0 Å². The van der Waals surface area contributed by atoms with Crippen molar-refractivity contribution in [2.24, 2.45) is 7.05 Å². The summed E-state index contributed by atoms with van der Waals surface area (Å²) in [6.45, 7) is 2.85. The minimum absolute atomic E-state index is 0.320. The van der Waals surface area contributed by atoms with Gasteiger partial charge in [0.25, 0.3) is 0 Å². The van der Waals surface area contributed by atoms with Crippen LogP contribution in [-0.4, -0.2) is 30.4 Å². The van der Waals surface area contributed by atoms with Crippen molar-refractivity contribution >= 4 is 17.2 Å². The predicted molar refractivity (Wildman–Crippen MR) is 136 cm³/mol. The molecule has 0 atom stereocenters. The fourth-order valence-electron chi connectivity index (χ4n) is 4.41. The summed E-state index contributed by atoms with van der Waals surface area (Å²) in [6, 6.07) is 21.6. The van der Waals surface area contributed by atoms with E-state index in [9.17, 15) is 4.79 Å². The molecule has 176 valence electrons. The first-order chi connectivity index (χ1) is 17.0. The van der Waals surface area contributed by atoms with Gasteiger partial charge in [0.1, 0.15) is 17.4 Å². The Morgan fingerprint density at radius 2 is 1.80 bits per heavy atom. The summed E-state index contributed by atoms with van der Waals surface area (Å²) >= 11 is 0. The van der Waals surface area contributed by atoms with Crippen LogP contribution < -0.4 is 4.74 Å². The van der Waals surface area contributed by atoms with Gasteiger partial charge in [0.2, 0.25) is 0 Å². The lowest BCUT2D eigenvalue weighted by Gasteiger charge is -2.12. The maximum Gasteiger partial charge on any atom is 0.511 e. The van der Waals surface area contributed by atoms with Gasteiger partial charge < -0.3 is 19.0 Å². The third-order valence-corrected chi connectivity index (χ3v) is 6.07. The van der Waals surface area contributed by atoms with Gasteiger partial charge in [-0.2, -0.15) is 0 Å². The first-order valence-corrected chi connectivity index (χ1v) is 11.6. The number of nitrogens with zero attached hydrogens (tertiary/aromatic N) is 4. The van der Waals surface area contributed by atoms with Crippen LogP contribution in [0.1, 0.15) is 24.7 Å². The molecule has 0 saturated carbocycles. The highest BCUT2D eigenvalue weighted by Gasteiger charge is 2.14. The van der Waals surface area contributed by atoms with E-state index in [2.05, 4.69) is 46.8 Å². The SMILES string of the molecule is CCCc1nc2ccc(-c3nccn3C)cc2n1Cc1ccc(-c2ccccc2OC(=O)O)cc1. The molecule has 0 aliphatic carbocycles. The van der Waals surface area contributed by atoms with Gasteiger partial charge >= 0.3 is 6.16 Å². The molecule has 1 N–H and O–H groups in total. The van der Waals surface area contributed by atoms with Gasteiger partial charge in [-0.15, -0.1) is 0 Å². The van der Waals surface area contributed by atoms with Crippen molar-refractivity contribution in [3.63, 3.8) is 0 Å². The molecule has 5 rings (SSSR count). The molecule has 7 heteroatoms. The standard InChI is InChI=1S/C28H26N4O3/c1-3-6-26-30-23-14-13-21(27-29-15-16-31(27)2)17-24(23)32(26)18-19-9-11-20(12-10-19)22-7-4-5-8-25(22)35-28(33)34/h4-5,7-17H,3,6,18H2,1-2H3,(H,33,34). The normalized spacial score (nSPS) is 11.1. The highest BCUT2D eigenvalue weighted by atomic mass is 16.7. The van der Waals surface area contributed by atoms with E-state index in [4.69, 9.17) is 14.8 Å². The number of ether oxygens (including phenoxy) is 1. The van der Waals surface area contributed by atoms with Gasteiger partial charge in [-0.1, -0.05) is 49.4 Å². The molecule has 0 radical (unpaired) electrons. The van der Waals surface area contributed by atoms with Crippen LogP contribution in [0.3, 0.4) is 0 Å². The van der Waals surface area contributed by atoms with E-state index in [0.29, 0.717) is 12.3 Å². The molecule has 0 unspecified atom stereocenters. The van der Waals surface area contributed by atoms with Crippen LogP contribution >= 0.6 is 0 Å². The van der Waals surface area contributed by atoms with Crippen LogP contribution in [0.15, 0.2) is 79.1 Å². The molecule has 0 fully saturated rings. The number of rotatable bonds is 7. The van der Waals surface area contributed by atoms with E-state index >= 15 is 0 Å². The topological polar surface area (TPSA) is 82.2 Å². The second-order valence-electron chi connectivity index (χ2n) is 8.49. The van der Waals surface area contributed by atoms with Gasteiger partial charge in [0, 0.05) is 43.5 Å². The van der Waals surface area contributed by atoms with E-state index in [1.165, 1.54) is 0 Å². The zero-order chi connectivity index (χ0) is 24.4.